The first-order valence-corrected chi connectivity index (χ1v) is 4.71. The molecule has 1 heterocycles. The van der Waals surface area contributed by atoms with Gasteiger partial charge in [-0.2, -0.15) is 0 Å². The van der Waals surface area contributed by atoms with E-state index >= 15 is 0 Å². The van der Waals surface area contributed by atoms with E-state index in [-0.39, 0.29) is 23.6 Å². The van der Waals surface area contributed by atoms with Gasteiger partial charge in [0.25, 0.3) is 0 Å². The number of hydrogen-bond donors (Lipinski definition) is 0. The van der Waals surface area contributed by atoms with Gasteiger partial charge in [-0.1, -0.05) is 35.5 Å². The molecule has 0 unspecified atom stereocenters. The van der Waals surface area contributed by atoms with E-state index in [0.29, 0.717) is 5.56 Å². The largest absolute Gasteiger partial charge is 0.348 e. The van der Waals surface area contributed by atoms with Crippen molar-refractivity contribution < 1.29 is 9.45 Å². The fourth-order valence-corrected chi connectivity index (χ4v) is 1.45. The standard InChI is InChI=1S/C11H9N2O3/c1-2-9-10(13(14)15)11(16-12-9)8-6-4-3-5-7-8/h3-7H,1-2H2. The normalized spacial score (nSPS) is 10.3. The lowest BCUT2D eigenvalue weighted by Gasteiger charge is -1.94. The Labute approximate surface area is 91.8 Å². The Morgan fingerprint density at radius 1 is 1.38 bits per heavy atom. The summed E-state index contributed by atoms with van der Waals surface area (Å²) in [5.74, 6) is 0.184. The van der Waals surface area contributed by atoms with Crippen LogP contribution < -0.4 is 0 Å². The average molecular weight is 217 g/mol. The zero-order chi connectivity index (χ0) is 11.5. The lowest BCUT2D eigenvalue weighted by Crippen LogP contribution is -1.93. The maximum absolute atomic E-state index is 10.9. The summed E-state index contributed by atoms with van der Waals surface area (Å²) in [5, 5.41) is 14.6. The molecular weight excluding hydrogens is 208 g/mol. The molecule has 1 radical (unpaired) electrons. The van der Waals surface area contributed by atoms with Crippen LogP contribution in [0.25, 0.3) is 11.3 Å². The number of nitro groups is 1. The summed E-state index contributed by atoms with van der Waals surface area (Å²) in [6, 6.07) is 8.87. The van der Waals surface area contributed by atoms with Gasteiger partial charge in [0.2, 0.25) is 5.76 Å². The van der Waals surface area contributed by atoms with Crippen molar-refractivity contribution in [3.05, 3.63) is 53.1 Å². The molecule has 0 saturated carbocycles. The Morgan fingerprint density at radius 2 is 2.06 bits per heavy atom. The molecule has 1 aromatic carbocycles. The summed E-state index contributed by atoms with van der Waals surface area (Å²) in [7, 11) is 0. The molecule has 81 valence electrons. The Hall–Kier alpha value is -2.17. The van der Waals surface area contributed by atoms with Gasteiger partial charge < -0.3 is 4.52 Å². The lowest BCUT2D eigenvalue weighted by molar-refractivity contribution is -0.385. The van der Waals surface area contributed by atoms with E-state index in [2.05, 4.69) is 12.1 Å². The molecule has 5 heteroatoms. The van der Waals surface area contributed by atoms with Crippen LogP contribution in [0.15, 0.2) is 34.9 Å². The third-order valence-corrected chi connectivity index (χ3v) is 2.19. The summed E-state index contributed by atoms with van der Waals surface area (Å²) in [5.41, 5.74) is 0.812. The highest BCUT2D eigenvalue weighted by Gasteiger charge is 2.26. The molecule has 0 fully saturated rings. The number of nitrogens with zero attached hydrogens (tertiary/aromatic N) is 2. The fraction of sp³-hybridized carbons (Fsp3) is 0.0909. The highest BCUT2D eigenvalue weighted by Crippen LogP contribution is 2.32. The van der Waals surface area contributed by atoms with Crippen molar-refractivity contribution in [3.63, 3.8) is 0 Å². The van der Waals surface area contributed by atoms with Crippen LogP contribution >= 0.6 is 0 Å². The number of hydrogen-bond acceptors (Lipinski definition) is 4. The Bertz CT molecular complexity index is 505. The molecule has 2 aromatic rings. The van der Waals surface area contributed by atoms with Crippen LogP contribution in [0.5, 0.6) is 0 Å². The van der Waals surface area contributed by atoms with Crippen molar-refractivity contribution in [1.29, 1.82) is 0 Å². The van der Waals surface area contributed by atoms with Gasteiger partial charge in [0, 0.05) is 12.0 Å². The van der Waals surface area contributed by atoms with Crippen LogP contribution in [-0.2, 0) is 6.42 Å². The SMILES string of the molecule is [CH2]Cc1noc(-c2ccccc2)c1[N+](=O)[O-]. The first-order chi connectivity index (χ1) is 7.74. The first-order valence-electron chi connectivity index (χ1n) is 4.71. The summed E-state index contributed by atoms with van der Waals surface area (Å²) < 4.78 is 5.00. The molecule has 0 aliphatic rings. The van der Waals surface area contributed by atoms with Crippen molar-refractivity contribution in [2.24, 2.45) is 0 Å². The van der Waals surface area contributed by atoms with E-state index in [1.807, 2.05) is 6.07 Å². The van der Waals surface area contributed by atoms with E-state index in [1.54, 1.807) is 24.3 Å². The quantitative estimate of drug-likeness (QED) is 0.585. The van der Waals surface area contributed by atoms with Crippen LogP contribution in [0, 0.1) is 17.0 Å². The second kappa shape index (κ2) is 4.14. The van der Waals surface area contributed by atoms with Gasteiger partial charge in [0.05, 0.1) is 4.92 Å². The molecule has 0 saturated heterocycles. The summed E-state index contributed by atoms with van der Waals surface area (Å²) in [6.07, 6.45) is 0.229. The molecule has 0 N–H and O–H groups in total. The van der Waals surface area contributed by atoms with Crippen LogP contribution in [0.2, 0.25) is 0 Å². The van der Waals surface area contributed by atoms with Gasteiger partial charge >= 0.3 is 5.69 Å². The Morgan fingerprint density at radius 3 is 2.62 bits per heavy atom. The predicted molar refractivity (Wildman–Crippen MR) is 57.7 cm³/mol. The van der Waals surface area contributed by atoms with Crippen molar-refractivity contribution in [2.75, 3.05) is 0 Å². The highest BCUT2D eigenvalue weighted by atomic mass is 16.6. The molecule has 0 spiro atoms. The average Bonchev–Trinajstić information content (AvgIpc) is 2.73. The third-order valence-electron chi connectivity index (χ3n) is 2.19. The van der Waals surface area contributed by atoms with Gasteiger partial charge in [-0.25, -0.2) is 0 Å². The van der Waals surface area contributed by atoms with Gasteiger partial charge in [0.15, 0.2) is 5.69 Å². The first kappa shape index (κ1) is 10.4. The lowest BCUT2D eigenvalue weighted by atomic mass is 10.1. The summed E-state index contributed by atoms with van der Waals surface area (Å²) >= 11 is 0. The minimum Gasteiger partial charge on any atom is -0.348 e. The number of aromatic nitrogens is 1. The molecule has 0 aliphatic heterocycles. The van der Waals surface area contributed by atoms with E-state index < -0.39 is 4.92 Å². The van der Waals surface area contributed by atoms with Crippen LogP contribution in [-0.4, -0.2) is 10.1 Å². The molecule has 0 amide bonds. The fourth-order valence-electron chi connectivity index (χ4n) is 1.45. The maximum Gasteiger partial charge on any atom is 0.339 e. The van der Waals surface area contributed by atoms with Gasteiger partial charge in [-0.05, 0) is 6.92 Å². The Balaban J connectivity index is 2.58. The van der Waals surface area contributed by atoms with E-state index in [1.165, 1.54) is 0 Å². The predicted octanol–water partition coefficient (Wildman–Crippen LogP) is 2.63. The second-order valence-electron chi connectivity index (χ2n) is 3.18. The molecule has 2 rings (SSSR count). The maximum atomic E-state index is 10.9. The molecule has 0 bridgehead atoms. The number of rotatable bonds is 3. The highest BCUT2D eigenvalue weighted by molar-refractivity contribution is 5.68. The van der Waals surface area contributed by atoms with Gasteiger partial charge in [-0.3, -0.25) is 10.1 Å². The van der Waals surface area contributed by atoms with E-state index in [4.69, 9.17) is 4.52 Å². The van der Waals surface area contributed by atoms with Gasteiger partial charge in [0.1, 0.15) is 0 Å². The van der Waals surface area contributed by atoms with Crippen molar-refractivity contribution >= 4 is 5.69 Å². The minimum absolute atomic E-state index is 0.0961. The molecule has 0 atom stereocenters. The monoisotopic (exact) mass is 217 g/mol. The molecular formula is C11H9N2O3. The minimum atomic E-state index is -0.487. The van der Waals surface area contributed by atoms with Crippen LogP contribution in [0.4, 0.5) is 5.69 Å². The molecule has 1 aromatic heterocycles. The van der Waals surface area contributed by atoms with Crippen LogP contribution in [0.3, 0.4) is 0 Å². The van der Waals surface area contributed by atoms with Crippen molar-refractivity contribution in [1.82, 2.24) is 5.16 Å². The summed E-state index contributed by atoms with van der Waals surface area (Å²) in [4.78, 5) is 10.4. The Kier molecular flexibility index (Phi) is 2.68. The van der Waals surface area contributed by atoms with Crippen molar-refractivity contribution in [3.8, 4) is 11.3 Å². The van der Waals surface area contributed by atoms with E-state index in [0.717, 1.165) is 0 Å². The summed E-state index contributed by atoms with van der Waals surface area (Å²) in [6.45, 7) is 3.58. The van der Waals surface area contributed by atoms with E-state index in [9.17, 15) is 10.1 Å². The molecule has 16 heavy (non-hydrogen) atoms. The zero-order valence-electron chi connectivity index (χ0n) is 8.42. The zero-order valence-corrected chi connectivity index (χ0v) is 8.42. The smallest absolute Gasteiger partial charge is 0.339 e. The van der Waals surface area contributed by atoms with Crippen molar-refractivity contribution in [2.45, 2.75) is 6.42 Å². The topological polar surface area (TPSA) is 69.2 Å². The molecule has 5 nitrogen and oxygen atoms in total. The molecule has 0 aliphatic carbocycles. The van der Waals surface area contributed by atoms with Crippen LogP contribution in [0.1, 0.15) is 5.69 Å². The third kappa shape index (κ3) is 1.67. The number of benzene rings is 1. The second-order valence-corrected chi connectivity index (χ2v) is 3.18. The van der Waals surface area contributed by atoms with Gasteiger partial charge in [-0.15, -0.1) is 0 Å².